The van der Waals surface area contributed by atoms with Crippen molar-refractivity contribution in [3.63, 3.8) is 0 Å². The van der Waals surface area contributed by atoms with Gasteiger partial charge in [-0.3, -0.25) is 0 Å². The molecule has 1 unspecified atom stereocenters. The number of hydrogen-bond donors (Lipinski definition) is 2. The average molecular weight is 351 g/mol. The summed E-state index contributed by atoms with van der Waals surface area (Å²) in [7, 11) is 0. The van der Waals surface area contributed by atoms with Crippen molar-refractivity contribution >= 4 is 6.03 Å². The van der Waals surface area contributed by atoms with E-state index in [9.17, 15) is 4.79 Å². The van der Waals surface area contributed by atoms with Crippen molar-refractivity contribution in [2.24, 2.45) is 5.73 Å². The molecule has 1 heterocycles. The van der Waals surface area contributed by atoms with Crippen LogP contribution in [0.15, 0.2) is 48.5 Å². The fourth-order valence-electron chi connectivity index (χ4n) is 3.44. The lowest BCUT2D eigenvalue weighted by Crippen LogP contribution is -2.44. The van der Waals surface area contributed by atoms with Gasteiger partial charge in [0, 0.05) is 19.6 Å². The zero-order valence-electron chi connectivity index (χ0n) is 15.6. The second kappa shape index (κ2) is 8.86. The van der Waals surface area contributed by atoms with Crippen molar-refractivity contribution < 1.29 is 4.79 Å². The number of nitrogens with two attached hydrogens (primary N) is 1. The van der Waals surface area contributed by atoms with Gasteiger partial charge in [0.25, 0.3) is 0 Å². The lowest BCUT2D eigenvalue weighted by Gasteiger charge is -2.29. The second-order valence-electron chi connectivity index (χ2n) is 7.19. The SMILES string of the molecule is Cc1ccc(C(Cc2ccc(CN)cc2)NC(=O)N2CCCCC2)cc1. The Bertz CT molecular complexity index is 703. The third-order valence-electron chi connectivity index (χ3n) is 5.12. The summed E-state index contributed by atoms with van der Waals surface area (Å²) >= 11 is 0. The van der Waals surface area contributed by atoms with Crippen LogP contribution in [0.5, 0.6) is 0 Å². The quantitative estimate of drug-likeness (QED) is 0.857. The van der Waals surface area contributed by atoms with Crippen molar-refractivity contribution in [1.29, 1.82) is 0 Å². The summed E-state index contributed by atoms with van der Waals surface area (Å²) in [6.07, 6.45) is 4.19. The smallest absolute Gasteiger partial charge is 0.317 e. The van der Waals surface area contributed by atoms with Crippen LogP contribution >= 0.6 is 0 Å². The van der Waals surface area contributed by atoms with Crippen molar-refractivity contribution in [1.82, 2.24) is 10.2 Å². The Morgan fingerprint density at radius 1 is 1.00 bits per heavy atom. The predicted octanol–water partition coefficient (Wildman–Crippen LogP) is 3.93. The third kappa shape index (κ3) is 4.85. The first kappa shape index (κ1) is 18.5. The van der Waals surface area contributed by atoms with E-state index < -0.39 is 0 Å². The van der Waals surface area contributed by atoms with Gasteiger partial charge in [-0.1, -0.05) is 54.1 Å². The first-order valence-electron chi connectivity index (χ1n) is 9.55. The molecule has 0 aromatic heterocycles. The number of nitrogens with zero attached hydrogens (tertiary/aromatic N) is 1. The molecule has 3 rings (SSSR count). The van der Waals surface area contributed by atoms with Crippen LogP contribution in [-0.2, 0) is 13.0 Å². The van der Waals surface area contributed by atoms with Gasteiger partial charge >= 0.3 is 6.03 Å². The minimum Gasteiger partial charge on any atom is -0.331 e. The molecule has 26 heavy (non-hydrogen) atoms. The van der Waals surface area contributed by atoms with E-state index in [1.54, 1.807) is 0 Å². The van der Waals surface area contributed by atoms with Crippen molar-refractivity contribution in [3.05, 3.63) is 70.8 Å². The number of urea groups is 1. The van der Waals surface area contributed by atoms with Crippen LogP contribution in [0.3, 0.4) is 0 Å². The molecule has 3 N–H and O–H groups in total. The number of hydrogen-bond acceptors (Lipinski definition) is 2. The summed E-state index contributed by atoms with van der Waals surface area (Å²) in [5.74, 6) is 0. The largest absolute Gasteiger partial charge is 0.331 e. The molecular weight excluding hydrogens is 322 g/mol. The average Bonchev–Trinajstić information content (AvgIpc) is 2.69. The highest BCUT2D eigenvalue weighted by atomic mass is 16.2. The number of nitrogens with one attached hydrogen (secondary N) is 1. The maximum Gasteiger partial charge on any atom is 0.317 e. The van der Waals surface area contributed by atoms with E-state index in [-0.39, 0.29) is 12.1 Å². The molecule has 0 radical (unpaired) electrons. The zero-order chi connectivity index (χ0) is 18.4. The fourth-order valence-corrected chi connectivity index (χ4v) is 3.44. The molecule has 0 aliphatic carbocycles. The van der Waals surface area contributed by atoms with Crippen molar-refractivity contribution in [3.8, 4) is 0 Å². The second-order valence-corrected chi connectivity index (χ2v) is 7.19. The fraction of sp³-hybridized carbons (Fsp3) is 0.409. The highest BCUT2D eigenvalue weighted by Gasteiger charge is 2.21. The topological polar surface area (TPSA) is 58.4 Å². The molecule has 0 bridgehead atoms. The first-order valence-corrected chi connectivity index (χ1v) is 9.55. The molecule has 4 nitrogen and oxygen atoms in total. The summed E-state index contributed by atoms with van der Waals surface area (Å²) in [6, 6.07) is 16.8. The number of carbonyl (C=O) groups excluding carboxylic acids is 1. The van der Waals surface area contributed by atoms with Gasteiger partial charge < -0.3 is 16.0 Å². The van der Waals surface area contributed by atoms with Gasteiger partial charge in [0.2, 0.25) is 0 Å². The lowest BCUT2D eigenvalue weighted by molar-refractivity contribution is 0.182. The highest BCUT2D eigenvalue weighted by molar-refractivity contribution is 5.74. The van der Waals surface area contributed by atoms with Crippen LogP contribution < -0.4 is 11.1 Å². The number of aryl methyl sites for hydroxylation is 1. The van der Waals surface area contributed by atoms with Gasteiger partial charge in [-0.05, 0) is 49.3 Å². The first-order chi connectivity index (χ1) is 12.7. The number of amides is 2. The highest BCUT2D eigenvalue weighted by Crippen LogP contribution is 2.21. The lowest BCUT2D eigenvalue weighted by atomic mass is 9.97. The van der Waals surface area contributed by atoms with E-state index >= 15 is 0 Å². The van der Waals surface area contributed by atoms with E-state index in [0.29, 0.717) is 6.54 Å². The maximum absolute atomic E-state index is 12.7. The molecular formula is C22H29N3O. The van der Waals surface area contributed by atoms with Crippen LogP contribution in [0.4, 0.5) is 4.79 Å². The monoisotopic (exact) mass is 351 g/mol. The van der Waals surface area contributed by atoms with E-state index in [4.69, 9.17) is 5.73 Å². The number of carbonyl (C=O) groups is 1. The molecule has 2 aromatic carbocycles. The minimum absolute atomic E-state index is 0.0336. The Morgan fingerprint density at radius 3 is 2.23 bits per heavy atom. The zero-order valence-corrected chi connectivity index (χ0v) is 15.6. The normalized spacial score (nSPS) is 15.5. The molecule has 4 heteroatoms. The Kier molecular flexibility index (Phi) is 6.29. The molecule has 1 atom stereocenters. The van der Waals surface area contributed by atoms with Crippen LogP contribution in [0.2, 0.25) is 0 Å². The van der Waals surface area contributed by atoms with Gasteiger partial charge in [-0.15, -0.1) is 0 Å². The Hall–Kier alpha value is -2.33. The molecule has 0 saturated carbocycles. The van der Waals surface area contributed by atoms with Gasteiger partial charge in [0.05, 0.1) is 6.04 Å². The summed E-state index contributed by atoms with van der Waals surface area (Å²) in [5, 5.41) is 3.26. The van der Waals surface area contributed by atoms with E-state index in [2.05, 4.69) is 60.8 Å². The summed E-state index contributed by atoms with van der Waals surface area (Å²) in [5.41, 5.74) is 10.4. The number of rotatable bonds is 5. The number of benzene rings is 2. The van der Waals surface area contributed by atoms with Crippen LogP contribution in [-0.4, -0.2) is 24.0 Å². The molecule has 1 fully saturated rings. The van der Waals surface area contributed by atoms with Crippen LogP contribution in [0.1, 0.15) is 47.6 Å². The Balaban J connectivity index is 1.76. The van der Waals surface area contributed by atoms with Crippen LogP contribution in [0.25, 0.3) is 0 Å². The standard InChI is InChI=1S/C22H29N3O/c1-17-5-11-20(12-6-17)21(15-18-7-9-19(16-23)10-8-18)24-22(26)25-13-3-2-4-14-25/h5-12,21H,2-4,13-16,23H2,1H3,(H,24,26). The third-order valence-corrected chi connectivity index (χ3v) is 5.12. The number of piperidine rings is 1. The van der Waals surface area contributed by atoms with Gasteiger partial charge in [-0.2, -0.15) is 0 Å². The molecule has 1 saturated heterocycles. The summed E-state index contributed by atoms with van der Waals surface area (Å²) in [6.45, 7) is 4.35. The Labute approximate surface area is 156 Å². The van der Waals surface area contributed by atoms with Gasteiger partial charge in [0.15, 0.2) is 0 Å². The van der Waals surface area contributed by atoms with Gasteiger partial charge in [-0.25, -0.2) is 4.79 Å². The van der Waals surface area contributed by atoms with Crippen molar-refractivity contribution in [2.45, 2.75) is 45.2 Å². The molecule has 1 aliphatic rings. The molecule has 2 amide bonds. The summed E-state index contributed by atoms with van der Waals surface area (Å²) in [4.78, 5) is 14.7. The van der Waals surface area contributed by atoms with E-state index in [0.717, 1.165) is 43.5 Å². The summed E-state index contributed by atoms with van der Waals surface area (Å²) < 4.78 is 0. The maximum atomic E-state index is 12.7. The predicted molar refractivity (Wildman–Crippen MR) is 106 cm³/mol. The Morgan fingerprint density at radius 2 is 1.62 bits per heavy atom. The minimum atomic E-state index is -0.0336. The van der Waals surface area contributed by atoms with E-state index in [1.807, 2.05) is 4.90 Å². The molecule has 2 aromatic rings. The van der Waals surface area contributed by atoms with Gasteiger partial charge in [0.1, 0.15) is 0 Å². The van der Waals surface area contributed by atoms with Crippen LogP contribution in [0, 0.1) is 6.92 Å². The molecule has 138 valence electrons. The molecule has 0 spiro atoms. The molecule has 1 aliphatic heterocycles. The van der Waals surface area contributed by atoms with E-state index in [1.165, 1.54) is 17.5 Å². The van der Waals surface area contributed by atoms with Crippen molar-refractivity contribution in [2.75, 3.05) is 13.1 Å². The number of likely N-dealkylation sites (tertiary alicyclic amines) is 1.